The summed E-state index contributed by atoms with van der Waals surface area (Å²) < 4.78 is 5.01. The van der Waals surface area contributed by atoms with Gasteiger partial charge in [-0.05, 0) is 24.8 Å². The van der Waals surface area contributed by atoms with E-state index < -0.39 is 5.97 Å². The van der Waals surface area contributed by atoms with Crippen molar-refractivity contribution in [2.75, 3.05) is 33.4 Å². The Hall–Kier alpha value is -0.610. The molecule has 0 aromatic rings. The van der Waals surface area contributed by atoms with Crippen molar-refractivity contribution in [2.24, 2.45) is 11.3 Å². The molecule has 0 aromatic carbocycles. The van der Waals surface area contributed by atoms with Crippen LogP contribution in [0.1, 0.15) is 26.7 Å². The molecule has 4 nitrogen and oxygen atoms in total. The number of carboxylic acid groups (broad SMARTS) is 1. The summed E-state index contributed by atoms with van der Waals surface area (Å²) in [6, 6.07) is 0. The Balaban J connectivity index is 2.46. The molecule has 0 radical (unpaired) electrons. The molecule has 0 spiro atoms. The SMILES string of the molecule is COCCCN1CCC(C)(C)C(C(=O)O)C1. The standard InChI is InChI=1S/C12H23NO3/c1-12(2)5-7-13(6-4-8-16-3)9-10(12)11(14)15/h10H,4-9H2,1-3H3,(H,14,15). The quantitative estimate of drug-likeness (QED) is 0.725. The van der Waals surface area contributed by atoms with Crippen LogP contribution in [0, 0.1) is 11.3 Å². The maximum atomic E-state index is 11.2. The van der Waals surface area contributed by atoms with Crippen molar-refractivity contribution in [3.63, 3.8) is 0 Å². The van der Waals surface area contributed by atoms with Gasteiger partial charge in [0.25, 0.3) is 0 Å². The van der Waals surface area contributed by atoms with Crippen LogP contribution in [0.2, 0.25) is 0 Å². The molecule has 0 amide bonds. The van der Waals surface area contributed by atoms with E-state index in [1.54, 1.807) is 7.11 Å². The van der Waals surface area contributed by atoms with Gasteiger partial charge in [-0.3, -0.25) is 4.79 Å². The van der Waals surface area contributed by atoms with Crippen LogP contribution in [0.25, 0.3) is 0 Å². The number of ether oxygens (including phenoxy) is 1. The summed E-state index contributed by atoms with van der Waals surface area (Å²) in [6.07, 6.45) is 1.93. The largest absolute Gasteiger partial charge is 0.481 e. The van der Waals surface area contributed by atoms with Gasteiger partial charge in [0.2, 0.25) is 0 Å². The molecule has 0 saturated carbocycles. The molecule has 1 saturated heterocycles. The van der Waals surface area contributed by atoms with E-state index in [4.69, 9.17) is 4.74 Å². The van der Waals surface area contributed by atoms with Gasteiger partial charge < -0.3 is 14.7 Å². The van der Waals surface area contributed by atoms with Gasteiger partial charge in [-0.2, -0.15) is 0 Å². The Morgan fingerprint density at radius 2 is 2.25 bits per heavy atom. The molecule has 1 atom stereocenters. The van der Waals surface area contributed by atoms with Crippen molar-refractivity contribution < 1.29 is 14.6 Å². The molecule has 1 aliphatic rings. The van der Waals surface area contributed by atoms with Gasteiger partial charge >= 0.3 is 5.97 Å². The van der Waals surface area contributed by atoms with Crippen molar-refractivity contribution in [2.45, 2.75) is 26.7 Å². The minimum atomic E-state index is -0.665. The third kappa shape index (κ3) is 3.46. The summed E-state index contributed by atoms with van der Waals surface area (Å²) in [6.45, 7) is 7.47. The first kappa shape index (κ1) is 13.5. The summed E-state index contributed by atoms with van der Waals surface area (Å²) in [7, 11) is 1.69. The van der Waals surface area contributed by atoms with Gasteiger partial charge in [0.05, 0.1) is 5.92 Å². The number of carbonyl (C=O) groups is 1. The Labute approximate surface area is 97.6 Å². The van der Waals surface area contributed by atoms with Crippen LogP contribution in [0.4, 0.5) is 0 Å². The molecule has 16 heavy (non-hydrogen) atoms. The number of aliphatic carboxylic acids is 1. The number of hydrogen-bond donors (Lipinski definition) is 1. The Bertz CT molecular complexity index is 240. The molecule has 1 rings (SSSR count). The molecule has 94 valence electrons. The van der Waals surface area contributed by atoms with E-state index in [9.17, 15) is 9.90 Å². The maximum Gasteiger partial charge on any atom is 0.308 e. The summed E-state index contributed by atoms with van der Waals surface area (Å²) in [4.78, 5) is 13.4. The van der Waals surface area contributed by atoms with E-state index in [1.807, 2.05) is 0 Å². The van der Waals surface area contributed by atoms with Crippen molar-refractivity contribution in [1.82, 2.24) is 4.90 Å². The Kier molecular flexibility index (Phi) is 4.74. The molecule has 1 aliphatic heterocycles. The zero-order valence-corrected chi connectivity index (χ0v) is 10.5. The van der Waals surface area contributed by atoms with E-state index >= 15 is 0 Å². The normalized spacial score (nSPS) is 25.6. The summed E-state index contributed by atoms with van der Waals surface area (Å²) >= 11 is 0. The number of rotatable bonds is 5. The first-order valence-corrected chi connectivity index (χ1v) is 5.91. The van der Waals surface area contributed by atoms with E-state index in [0.29, 0.717) is 6.54 Å². The van der Waals surface area contributed by atoms with Crippen molar-refractivity contribution in [1.29, 1.82) is 0 Å². The van der Waals surface area contributed by atoms with Crippen LogP contribution in [-0.4, -0.2) is 49.3 Å². The molecule has 1 heterocycles. The highest BCUT2D eigenvalue weighted by Crippen LogP contribution is 2.35. The monoisotopic (exact) mass is 229 g/mol. The molecule has 0 aromatic heterocycles. The molecule has 0 bridgehead atoms. The fraction of sp³-hybridized carbons (Fsp3) is 0.917. The highest BCUT2D eigenvalue weighted by atomic mass is 16.5. The second-order valence-electron chi connectivity index (χ2n) is 5.28. The number of hydrogen-bond acceptors (Lipinski definition) is 3. The smallest absolute Gasteiger partial charge is 0.308 e. The van der Waals surface area contributed by atoms with Gasteiger partial charge in [-0.15, -0.1) is 0 Å². The zero-order valence-electron chi connectivity index (χ0n) is 10.5. The van der Waals surface area contributed by atoms with Crippen LogP contribution in [0.3, 0.4) is 0 Å². The first-order chi connectivity index (χ1) is 7.47. The third-order valence-electron chi connectivity index (χ3n) is 3.58. The van der Waals surface area contributed by atoms with E-state index in [2.05, 4.69) is 18.7 Å². The molecule has 0 aliphatic carbocycles. The fourth-order valence-electron chi connectivity index (χ4n) is 2.27. The number of likely N-dealkylation sites (tertiary alicyclic amines) is 1. The lowest BCUT2D eigenvalue weighted by Gasteiger charge is -2.41. The molecule has 1 fully saturated rings. The first-order valence-electron chi connectivity index (χ1n) is 5.91. The van der Waals surface area contributed by atoms with Crippen molar-refractivity contribution in [3.8, 4) is 0 Å². The topological polar surface area (TPSA) is 49.8 Å². The lowest BCUT2D eigenvalue weighted by atomic mass is 9.73. The van der Waals surface area contributed by atoms with Crippen LogP contribution in [-0.2, 0) is 9.53 Å². The van der Waals surface area contributed by atoms with E-state index in [1.165, 1.54) is 0 Å². The molecule has 4 heteroatoms. The molecule has 1 N–H and O–H groups in total. The number of methoxy groups -OCH3 is 1. The molecule has 1 unspecified atom stereocenters. The third-order valence-corrected chi connectivity index (χ3v) is 3.58. The Morgan fingerprint density at radius 1 is 1.56 bits per heavy atom. The maximum absolute atomic E-state index is 11.2. The summed E-state index contributed by atoms with van der Waals surface area (Å²) in [5, 5.41) is 9.21. The van der Waals surface area contributed by atoms with Crippen LogP contribution >= 0.6 is 0 Å². The van der Waals surface area contributed by atoms with Gasteiger partial charge in [-0.1, -0.05) is 13.8 Å². The highest BCUT2D eigenvalue weighted by molar-refractivity contribution is 5.71. The number of piperidine rings is 1. The summed E-state index contributed by atoms with van der Waals surface area (Å²) in [5.41, 5.74) is -0.0798. The van der Waals surface area contributed by atoms with E-state index in [-0.39, 0.29) is 11.3 Å². The predicted molar refractivity (Wildman–Crippen MR) is 62.5 cm³/mol. The zero-order chi connectivity index (χ0) is 12.2. The average molecular weight is 229 g/mol. The lowest BCUT2D eigenvalue weighted by Crippen LogP contribution is -2.48. The van der Waals surface area contributed by atoms with Gasteiger partial charge in [-0.25, -0.2) is 0 Å². The lowest BCUT2D eigenvalue weighted by molar-refractivity contribution is -0.149. The molecular formula is C12H23NO3. The average Bonchev–Trinajstić information content (AvgIpc) is 2.20. The minimum Gasteiger partial charge on any atom is -0.481 e. The fourth-order valence-corrected chi connectivity index (χ4v) is 2.27. The number of nitrogens with zero attached hydrogens (tertiary/aromatic N) is 1. The van der Waals surface area contributed by atoms with Crippen molar-refractivity contribution in [3.05, 3.63) is 0 Å². The van der Waals surface area contributed by atoms with Gasteiger partial charge in [0.1, 0.15) is 0 Å². The van der Waals surface area contributed by atoms with Crippen LogP contribution < -0.4 is 0 Å². The summed E-state index contributed by atoms with van der Waals surface area (Å²) in [5.74, 6) is -0.912. The second kappa shape index (κ2) is 5.64. The molecular weight excluding hydrogens is 206 g/mol. The second-order valence-corrected chi connectivity index (χ2v) is 5.28. The van der Waals surface area contributed by atoms with Gasteiger partial charge in [0, 0.05) is 26.8 Å². The Morgan fingerprint density at radius 3 is 2.81 bits per heavy atom. The van der Waals surface area contributed by atoms with Gasteiger partial charge in [0.15, 0.2) is 0 Å². The minimum absolute atomic E-state index is 0.0798. The number of carboxylic acids is 1. The predicted octanol–water partition coefficient (Wildman–Crippen LogP) is 1.46. The highest BCUT2D eigenvalue weighted by Gasteiger charge is 2.39. The van der Waals surface area contributed by atoms with Crippen LogP contribution in [0.15, 0.2) is 0 Å². The van der Waals surface area contributed by atoms with Crippen LogP contribution in [0.5, 0.6) is 0 Å². The van der Waals surface area contributed by atoms with E-state index in [0.717, 1.165) is 32.5 Å². The van der Waals surface area contributed by atoms with Crippen molar-refractivity contribution >= 4 is 5.97 Å².